The second-order valence-electron chi connectivity index (χ2n) is 7.32. The lowest BCUT2D eigenvalue weighted by Gasteiger charge is -2.37. The van der Waals surface area contributed by atoms with E-state index in [-0.39, 0.29) is 23.7 Å². The van der Waals surface area contributed by atoms with Crippen molar-refractivity contribution in [1.82, 2.24) is 9.80 Å². The predicted molar refractivity (Wildman–Crippen MR) is 108 cm³/mol. The average Bonchev–Trinajstić information content (AvgIpc) is 2.70. The molecule has 28 heavy (non-hydrogen) atoms. The van der Waals surface area contributed by atoms with Gasteiger partial charge in [0.15, 0.2) is 0 Å². The first-order valence-electron chi connectivity index (χ1n) is 9.52. The first kappa shape index (κ1) is 20.0. The molecule has 1 N–H and O–H groups in total. The lowest BCUT2D eigenvalue weighted by Crippen LogP contribution is -2.54. The fraction of sp³-hybridized carbons (Fsp3) is 0.364. The minimum absolute atomic E-state index is 0.0491. The molecule has 5 nitrogen and oxygen atoms in total. The molecule has 2 amide bonds. The van der Waals surface area contributed by atoms with Gasteiger partial charge in [0.1, 0.15) is 5.82 Å². The van der Waals surface area contributed by atoms with Crippen molar-refractivity contribution >= 4 is 17.5 Å². The quantitative estimate of drug-likeness (QED) is 0.882. The van der Waals surface area contributed by atoms with Crippen LogP contribution in [-0.4, -0.2) is 53.8 Å². The van der Waals surface area contributed by atoms with E-state index in [9.17, 15) is 14.0 Å². The van der Waals surface area contributed by atoms with Gasteiger partial charge in [-0.1, -0.05) is 12.1 Å². The van der Waals surface area contributed by atoms with E-state index in [1.165, 1.54) is 24.3 Å². The van der Waals surface area contributed by atoms with Gasteiger partial charge in [-0.3, -0.25) is 14.5 Å². The van der Waals surface area contributed by atoms with Gasteiger partial charge in [0, 0.05) is 37.4 Å². The monoisotopic (exact) mass is 383 g/mol. The number of aryl methyl sites for hydroxylation is 2. The van der Waals surface area contributed by atoms with Crippen molar-refractivity contribution in [3.05, 3.63) is 65.0 Å². The van der Waals surface area contributed by atoms with Gasteiger partial charge in [0.2, 0.25) is 5.91 Å². The van der Waals surface area contributed by atoms with Crippen molar-refractivity contribution in [2.45, 2.75) is 26.8 Å². The molecule has 1 heterocycles. The zero-order valence-electron chi connectivity index (χ0n) is 16.5. The van der Waals surface area contributed by atoms with Gasteiger partial charge >= 0.3 is 0 Å². The van der Waals surface area contributed by atoms with Gasteiger partial charge in [-0.05, 0) is 62.2 Å². The number of anilines is 1. The summed E-state index contributed by atoms with van der Waals surface area (Å²) in [5.74, 6) is -0.510. The standard InChI is InChI=1S/C22H26FN3O2/c1-15-4-5-16(2)20(14-15)24-21(27)17(3)25-10-12-26(13-11-25)22(28)18-6-8-19(23)9-7-18/h4-9,14,17H,10-13H2,1-3H3,(H,24,27)/t17-/m0/s1. The molecule has 1 saturated heterocycles. The largest absolute Gasteiger partial charge is 0.336 e. The lowest BCUT2D eigenvalue weighted by molar-refractivity contribution is -0.121. The van der Waals surface area contributed by atoms with E-state index in [2.05, 4.69) is 10.2 Å². The van der Waals surface area contributed by atoms with Crippen molar-refractivity contribution in [3.63, 3.8) is 0 Å². The SMILES string of the molecule is Cc1ccc(C)c(NC(=O)[C@H](C)N2CCN(C(=O)c3ccc(F)cc3)CC2)c1. The first-order chi connectivity index (χ1) is 13.3. The van der Waals surface area contributed by atoms with E-state index in [1.54, 1.807) is 4.90 Å². The summed E-state index contributed by atoms with van der Waals surface area (Å²) in [7, 11) is 0. The summed E-state index contributed by atoms with van der Waals surface area (Å²) in [6, 6.07) is 11.3. The number of piperazine rings is 1. The van der Waals surface area contributed by atoms with E-state index >= 15 is 0 Å². The Kier molecular flexibility index (Phi) is 6.09. The van der Waals surface area contributed by atoms with Crippen LogP contribution in [0.1, 0.15) is 28.4 Å². The van der Waals surface area contributed by atoms with Gasteiger partial charge in [0.05, 0.1) is 6.04 Å². The van der Waals surface area contributed by atoms with Crippen LogP contribution in [-0.2, 0) is 4.79 Å². The van der Waals surface area contributed by atoms with Crippen molar-refractivity contribution < 1.29 is 14.0 Å². The van der Waals surface area contributed by atoms with Gasteiger partial charge in [-0.15, -0.1) is 0 Å². The van der Waals surface area contributed by atoms with Crippen LogP contribution in [0.2, 0.25) is 0 Å². The van der Waals surface area contributed by atoms with E-state index in [0.717, 1.165) is 16.8 Å². The van der Waals surface area contributed by atoms with Crippen molar-refractivity contribution in [1.29, 1.82) is 0 Å². The normalized spacial score (nSPS) is 15.9. The van der Waals surface area contributed by atoms with Crippen LogP contribution in [0.15, 0.2) is 42.5 Å². The molecule has 148 valence electrons. The molecule has 0 bridgehead atoms. The molecule has 1 aliphatic rings. The number of halogens is 1. The number of nitrogens with zero attached hydrogens (tertiary/aromatic N) is 2. The summed E-state index contributed by atoms with van der Waals surface area (Å²) in [6.45, 7) is 8.17. The molecule has 1 aliphatic heterocycles. The number of hydrogen-bond donors (Lipinski definition) is 1. The van der Waals surface area contributed by atoms with E-state index in [1.807, 2.05) is 39.0 Å². The number of hydrogen-bond acceptors (Lipinski definition) is 3. The third-order valence-corrected chi connectivity index (χ3v) is 5.27. The van der Waals surface area contributed by atoms with Crippen LogP contribution in [0.25, 0.3) is 0 Å². The third-order valence-electron chi connectivity index (χ3n) is 5.27. The summed E-state index contributed by atoms with van der Waals surface area (Å²) >= 11 is 0. The molecule has 0 unspecified atom stereocenters. The molecule has 1 fully saturated rings. The molecule has 0 spiro atoms. The van der Waals surface area contributed by atoms with Crippen molar-refractivity contribution in [2.24, 2.45) is 0 Å². The van der Waals surface area contributed by atoms with E-state index in [4.69, 9.17) is 0 Å². The second-order valence-corrected chi connectivity index (χ2v) is 7.32. The Hall–Kier alpha value is -2.73. The van der Waals surface area contributed by atoms with Crippen LogP contribution in [0.5, 0.6) is 0 Å². The summed E-state index contributed by atoms with van der Waals surface area (Å²) in [4.78, 5) is 29.0. The molecule has 3 rings (SSSR count). The zero-order chi connectivity index (χ0) is 20.3. The number of nitrogens with one attached hydrogen (secondary N) is 1. The van der Waals surface area contributed by atoms with Gasteiger partial charge in [0.25, 0.3) is 5.91 Å². The Morgan fingerprint density at radius 2 is 1.64 bits per heavy atom. The minimum Gasteiger partial charge on any atom is -0.336 e. The number of rotatable bonds is 4. The molecule has 0 saturated carbocycles. The zero-order valence-corrected chi connectivity index (χ0v) is 16.5. The fourth-order valence-electron chi connectivity index (χ4n) is 3.36. The van der Waals surface area contributed by atoms with E-state index < -0.39 is 0 Å². The second kappa shape index (κ2) is 8.52. The van der Waals surface area contributed by atoms with Crippen LogP contribution in [0, 0.1) is 19.7 Å². The highest BCUT2D eigenvalue weighted by molar-refractivity contribution is 5.95. The Morgan fingerprint density at radius 3 is 2.29 bits per heavy atom. The molecule has 0 aliphatic carbocycles. The Labute approximate surface area is 165 Å². The number of carbonyl (C=O) groups excluding carboxylic acids is 2. The summed E-state index contributed by atoms with van der Waals surface area (Å²) in [5, 5.41) is 3.02. The van der Waals surface area contributed by atoms with Gasteiger partial charge < -0.3 is 10.2 Å². The minimum atomic E-state index is -0.356. The molecule has 1 atom stereocenters. The fourth-order valence-corrected chi connectivity index (χ4v) is 3.36. The molecule has 6 heteroatoms. The number of benzene rings is 2. The smallest absolute Gasteiger partial charge is 0.253 e. The van der Waals surface area contributed by atoms with Crippen LogP contribution < -0.4 is 5.32 Å². The maximum absolute atomic E-state index is 13.0. The summed E-state index contributed by atoms with van der Waals surface area (Å²) < 4.78 is 13.0. The van der Waals surface area contributed by atoms with Crippen molar-refractivity contribution in [3.8, 4) is 0 Å². The van der Waals surface area contributed by atoms with Gasteiger partial charge in [-0.25, -0.2) is 4.39 Å². The maximum Gasteiger partial charge on any atom is 0.253 e. The van der Waals surface area contributed by atoms with Crippen LogP contribution in [0.3, 0.4) is 0 Å². The van der Waals surface area contributed by atoms with Crippen molar-refractivity contribution in [2.75, 3.05) is 31.5 Å². The third kappa shape index (κ3) is 4.57. The summed E-state index contributed by atoms with van der Waals surface area (Å²) in [5.41, 5.74) is 3.44. The molecule has 0 aromatic heterocycles. The Bertz CT molecular complexity index is 859. The first-order valence-corrected chi connectivity index (χ1v) is 9.52. The predicted octanol–water partition coefficient (Wildman–Crippen LogP) is 3.23. The topological polar surface area (TPSA) is 52.7 Å². The summed E-state index contributed by atoms with van der Waals surface area (Å²) in [6.07, 6.45) is 0. The Morgan fingerprint density at radius 1 is 1.00 bits per heavy atom. The average molecular weight is 383 g/mol. The van der Waals surface area contributed by atoms with Gasteiger partial charge in [-0.2, -0.15) is 0 Å². The van der Waals surface area contributed by atoms with Crippen LogP contribution in [0.4, 0.5) is 10.1 Å². The molecule has 0 radical (unpaired) electrons. The lowest BCUT2D eigenvalue weighted by atomic mass is 10.1. The van der Waals surface area contributed by atoms with E-state index in [0.29, 0.717) is 31.7 Å². The Balaban J connectivity index is 1.56. The number of carbonyl (C=O) groups is 2. The molecular formula is C22H26FN3O2. The highest BCUT2D eigenvalue weighted by atomic mass is 19.1. The molecular weight excluding hydrogens is 357 g/mol. The highest BCUT2D eigenvalue weighted by Crippen LogP contribution is 2.18. The van der Waals surface area contributed by atoms with Crippen LogP contribution >= 0.6 is 0 Å². The highest BCUT2D eigenvalue weighted by Gasteiger charge is 2.28. The molecule has 2 aromatic carbocycles. The molecule has 2 aromatic rings. The maximum atomic E-state index is 13.0. The number of amides is 2.